The van der Waals surface area contributed by atoms with Crippen molar-refractivity contribution < 1.29 is 9.53 Å². The molecule has 2 aromatic heterocycles. The second-order valence-electron chi connectivity index (χ2n) is 6.36. The number of carbonyl (C=O) groups is 1. The molecule has 0 aromatic carbocycles. The highest BCUT2D eigenvalue weighted by atomic mass is 16.5. The number of carbonyl (C=O) groups excluding carboxylic acids is 1. The Morgan fingerprint density at radius 3 is 3.12 bits per heavy atom. The summed E-state index contributed by atoms with van der Waals surface area (Å²) in [7, 11) is 0. The largest absolute Gasteiger partial charge is 0.366 e. The maximum atomic E-state index is 12.5. The Morgan fingerprint density at radius 1 is 1.48 bits per heavy atom. The number of imidazole rings is 1. The lowest BCUT2D eigenvalue weighted by atomic mass is 10.2. The minimum atomic E-state index is -0.240. The normalized spacial score (nSPS) is 17.8. The van der Waals surface area contributed by atoms with Gasteiger partial charge in [-0.05, 0) is 19.8 Å². The van der Waals surface area contributed by atoms with E-state index < -0.39 is 0 Å². The summed E-state index contributed by atoms with van der Waals surface area (Å²) >= 11 is 0. The van der Waals surface area contributed by atoms with Crippen LogP contribution in [0.25, 0.3) is 0 Å². The van der Waals surface area contributed by atoms with Crippen molar-refractivity contribution in [3.63, 3.8) is 0 Å². The van der Waals surface area contributed by atoms with Crippen molar-refractivity contribution in [2.45, 2.75) is 52.2 Å². The van der Waals surface area contributed by atoms with Crippen LogP contribution in [0.15, 0.2) is 12.4 Å². The first-order valence-electron chi connectivity index (χ1n) is 8.95. The van der Waals surface area contributed by atoms with E-state index in [1.54, 1.807) is 6.20 Å². The molecule has 8 heteroatoms. The lowest BCUT2D eigenvalue weighted by molar-refractivity contribution is -0.139. The monoisotopic (exact) mass is 346 g/mol. The summed E-state index contributed by atoms with van der Waals surface area (Å²) in [5.74, 6) is 2.66. The Labute approximate surface area is 147 Å². The maximum absolute atomic E-state index is 12.5. The first kappa shape index (κ1) is 17.6. The van der Waals surface area contributed by atoms with Gasteiger partial charge in [0.2, 0.25) is 5.91 Å². The molecule has 0 radical (unpaired) electrons. The third-order valence-electron chi connectivity index (χ3n) is 4.46. The van der Waals surface area contributed by atoms with E-state index in [2.05, 4.69) is 31.7 Å². The van der Waals surface area contributed by atoms with Gasteiger partial charge in [-0.15, -0.1) is 0 Å². The number of amides is 1. The Balaban J connectivity index is 1.49. The minimum absolute atomic E-state index is 0.162. The summed E-state index contributed by atoms with van der Waals surface area (Å²) < 4.78 is 7.83. The van der Waals surface area contributed by atoms with Crippen LogP contribution in [0.3, 0.4) is 0 Å². The Kier molecular flexibility index (Phi) is 5.80. The molecule has 0 unspecified atom stereocenters. The van der Waals surface area contributed by atoms with Crippen LogP contribution < -0.4 is 0 Å². The summed E-state index contributed by atoms with van der Waals surface area (Å²) in [5.41, 5.74) is 0. The van der Waals surface area contributed by atoms with E-state index in [1.165, 1.54) is 0 Å². The molecule has 3 rings (SSSR count). The van der Waals surface area contributed by atoms with Gasteiger partial charge in [-0.25, -0.2) is 9.97 Å². The van der Waals surface area contributed by atoms with E-state index in [0.29, 0.717) is 31.9 Å². The number of nitrogens with zero attached hydrogens (tertiary/aromatic N) is 5. The van der Waals surface area contributed by atoms with Crippen molar-refractivity contribution in [1.82, 2.24) is 29.6 Å². The van der Waals surface area contributed by atoms with Crippen LogP contribution in [-0.4, -0.2) is 55.2 Å². The molecule has 25 heavy (non-hydrogen) atoms. The summed E-state index contributed by atoms with van der Waals surface area (Å²) in [6.07, 6.45) is 6.71. The zero-order valence-electron chi connectivity index (χ0n) is 14.9. The van der Waals surface area contributed by atoms with E-state index >= 15 is 0 Å². The van der Waals surface area contributed by atoms with Gasteiger partial charge in [-0.3, -0.25) is 9.89 Å². The molecule has 0 spiro atoms. The van der Waals surface area contributed by atoms with Crippen molar-refractivity contribution in [3.8, 4) is 0 Å². The molecule has 1 aliphatic heterocycles. The first-order valence-corrected chi connectivity index (χ1v) is 8.95. The second kappa shape index (κ2) is 8.24. The third kappa shape index (κ3) is 4.45. The number of aryl methyl sites for hydroxylation is 3. The predicted octanol–water partition coefficient (Wildman–Crippen LogP) is 1.64. The molecular weight excluding hydrogens is 320 g/mol. The van der Waals surface area contributed by atoms with Gasteiger partial charge >= 0.3 is 0 Å². The molecule has 2 aromatic rings. The molecular formula is C17H26N6O2. The van der Waals surface area contributed by atoms with Crippen molar-refractivity contribution in [2.75, 3.05) is 19.7 Å². The molecule has 136 valence electrons. The van der Waals surface area contributed by atoms with E-state index in [9.17, 15) is 4.79 Å². The molecule has 0 bridgehead atoms. The summed E-state index contributed by atoms with van der Waals surface area (Å²) in [4.78, 5) is 23.0. The lowest BCUT2D eigenvalue weighted by Crippen LogP contribution is -2.42. The van der Waals surface area contributed by atoms with Gasteiger partial charge in [0, 0.05) is 38.3 Å². The molecule has 1 N–H and O–H groups in total. The zero-order chi connectivity index (χ0) is 17.6. The van der Waals surface area contributed by atoms with Crippen molar-refractivity contribution in [3.05, 3.63) is 29.9 Å². The number of aromatic nitrogens is 5. The topological polar surface area (TPSA) is 88.9 Å². The summed E-state index contributed by atoms with van der Waals surface area (Å²) in [6.45, 7) is 6.56. The van der Waals surface area contributed by atoms with Gasteiger partial charge in [0.15, 0.2) is 5.82 Å². The number of hydrogen-bond donors (Lipinski definition) is 1. The Morgan fingerprint density at radius 2 is 2.36 bits per heavy atom. The number of hydrogen-bond acceptors (Lipinski definition) is 5. The van der Waals surface area contributed by atoms with Crippen LogP contribution in [0, 0.1) is 6.92 Å². The van der Waals surface area contributed by atoms with Crippen LogP contribution in [0.2, 0.25) is 0 Å². The van der Waals surface area contributed by atoms with Gasteiger partial charge in [-0.2, -0.15) is 5.10 Å². The van der Waals surface area contributed by atoms with Gasteiger partial charge in [0.05, 0.1) is 13.2 Å². The molecule has 1 fully saturated rings. The zero-order valence-corrected chi connectivity index (χ0v) is 14.9. The van der Waals surface area contributed by atoms with Crippen LogP contribution in [0.1, 0.15) is 49.8 Å². The molecule has 3 heterocycles. The average molecular weight is 346 g/mol. The Bertz CT molecular complexity index is 695. The molecule has 1 atom stereocenters. The van der Waals surface area contributed by atoms with Crippen LogP contribution >= 0.6 is 0 Å². The highest BCUT2D eigenvalue weighted by Gasteiger charge is 2.27. The molecule has 1 aliphatic rings. The van der Waals surface area contributed by atoms with Gasteiger partial charge in [-0.1, -0.05) is 6.92 Å². The molecule has 0 saturated carbocycles. The van der Waals surface area contributed by atoms with Crippen molar-refractivity contribution in [2.24, 2.45) is 0 Å². The number of aromatic amines is 1. The molecule has 1 amide bonds. The van der Waals surface area contributed by atoms with E-state index in [0.717, 1.165) is 37.5 Å². The fourth-order valence-corrected chi connectivity index (χ4v) is 3.03. The second-order valence-corrected chi connectivity index (χ2v) is 6.36. The molecule has 8 nitrogen and oxygen atoms in total. The highest BCUT2D eigenvalue weighted by Crippen LogP contribution is 2.20. The van der Waals surface area contributed by atoms with E-state index in [-0.39, 0.29) is 12.0 Å². The van der Waals surface area contributed by atoms with Crippen LogP contribution in [-0.2, 0) is 22.5 Å². The number of H-pyrrole nitrogens is 1. The predicted molar refractivity (Wildman–Crippen MR) is 91.8 cm³/mol. The highest BCUT2D eigenvalue weighted by molar-refractivity contribution is 5.76. The van der Waals surface area contributed by atoms with Gasteiger partial charge in [0.1, 0.15) is 17.8 Å². The van der Waals surface area contributed by atoms with Crippen molar-refractivity contribution in [1.29, 1.82) is 0 Å². The maximum Gasteiger partial charge on any atom is 0.222 e. The van der Waals surface area contributed by atoms with E-state index in [4.69, 9.17) is 4.74 Å². The number of morpholine rings is 1. The number of rotatable bonds is 7. The summed E-state index contributed by atoms with van der Waals surface area (Å²) in [5, 5.41) is 7.20. The smallest absolute Gasteiger partial charge is 0.222 e. The fraction of sp³-hybridized carbons (Fsp3) is 0.647. The SMILES string of the molecule is CCCc1nc([C@@H]2CN(C(=O)CCCn3ccnc3C)CCO2)n[nH]1. The molecule has 1 saturated heterocycles. The summed E-state index contributed by atoms with van der Waals surface area (Å²) in [6, 6.07) is 0. The quantitative estimate of drug-likeness (QED) is 0.823. The van der Waals surface area contributed by atoms with Crippen molar-refractivity contribution >= 4 is 5.91 Å². The van der Waals surface area contributed by atoms with Gasteiger partial charge < -0.3 is 14.2 Å². The lowest BCUT2D eigenvalue weighted by Gasteiger charge is -2.31. The molecule has 0 aliphatic carbocycles. The van der Waals surface area contributed by atoms with Crippen LogP contribution in [0.5, 0.6) is 0 Å². The number of nitrogens with one attached hydrogen (secondary N) is 1. The Hall–Kier alpha value is -2.22. The minimum Gasteiger partial charge on any atom is -0.366 e. The fourth-order valence-electron chi connectivity index (χ4n) is 3.03. The van der Waals surface area contributed by atoms with Gasteiger partial charge in [0.25, 0.3) is 0 Å². The first-order chi connectivity index (χ1) is 12.2. The van der Waals surface area contributed by atoms with E-state index in [1.807, 2.05) is 18.0 Å². The standard InChI is InChI=1S/C17H26N6O2/c1-3-5-15-19-17(21-20-15)14-12-23(10-11-25-14)16(24)6-4-8-22-9-7-18-13(22)2/h7,9,14H,3-6,8,10-12H2,1-2H3,(H,19,20,21)/t14-/m0/s1. The average Bonchev–Trinajstić information content (AvgIpc) is 3.25. The van der Waals surface area contributed by atoms with Crippen LogP contribution in [0.4, 0.5) is 0 Å². The number of ether oxygens (including phenoxy) is 1. The third-order valence-corrected chi connectivity index (χ3v) is 4.46.